The molecule has 0 amide bonds. The van der Waals surface area contributed by atoms with E-state index < -0.39 is 0 Å². The number of benzene rings is 8. The summed E-state index contributed by atoms with van der Waals surface area (Å²) in [6.07, 6.45) is 0. The Balaban J connectivity index is 1.11. The summed E-state index contributed by atoms with van der Waals surface area (Å²) in [5.74, 6) is 1.83. The van der Waals surface area contributed by atoms with Crippen molar-refractivity contribution in [1.82, 2.24) is 15.0 Å². The SMILES string of the molecule is c1ccc(-c2cccc(N(c3ccc4c(c3)oc3cccc(-c5nc(-c6ccccc6)nc(-c6ccccc6)n5)c34)c3cccc4sc5ccccc5c34)c2)cc1. The first-order valence-electron chi connectivity index (χ1n) is 18.9. The second-order valence-electron chi connectivity index (χ2n) is 14.0. The van der Waals surface area contributed by atoms with Gasteiger partial charge in [-0.25, -0.2) is 15.0 Å². The number of fused-ring (bicyclic) bond motifs is 6. The largest absolute Gasteiger partial charge is 0.456 e. The number of nitrogens with zero attached hydrogens (tertiary/aromatic N) is 4. The quantitative estimate of drug-likeness (QED) is 0.162. The van der Waals surface area contributed by atoms with E-state index in [1.54, 1.807) is 0 Å². The summed E-state index contributed by atoms with van der Waals surface area (Å²) in [5, 5.41) is 4.43. The average Bonchev–Trinajstić information content (AvgIpc) is 3.86. The Hall–Kier alpha value is -7.41. The Morgan fingerprint density at radius 2 is 0.982 bits per heavy atom. The zero-order valence-electron chi connectivity index (χ0n) is 30.6. The minimum Gasteiger partial charge on any atom is -0.456 e. The fourth-order valence-corrected chi connectivity index (χ4v) is 9.02. The van der Waals surface area contributed by atoms with Crippen LogP contribution < -0.4 is 4.90 Å². The third-order valence-corrected chi connectivity index (χ3v) is 11.6. The van der Waals surface area contributed by atoms with Gasteiger partial charge in [0, 0.05) is 65.1 Å². The summed E-state index contributed by atoms with van der Waals surface area (Å²) in [5.41, 5.74) is 9.77. The first kappa shape index (κ1) is 33.0. The predicted molar refractivity (Wildman–Crippen MR) is 236 cm³/mol. The van der Waals surface area contributed by atoms with Crippen LogP contribution in [-0.2, 0) is 0 Å². The minimum absolute atomic E-state index is 0.593. The van der Waals surface area contributed by atoms with Gasteiger partial charge in [-0.05, 0) is 59.7 Å². The van der Waals surface area contributed by atoms with E-state index in [4.69, 9.17) is 19.4 Å². The number of hydrogen-bond donors (Lipinski definition) is 0. The second-order valence-corrected chi connectivity index (χ2v) is 15.1. The van der Waals surface area contributed by atoms with E-state index in [2.05, 4.69) is 126 Å². The highest BCUT2D eigenvalue weighted by Gasteiger charge is 2.22. The Kier molecular flexibility index (Phi) is 7.93. The van der Waals surface area contributed by atoms with Crippen LogP contribution in [0.25, 0.3) is 87.4 Å². The normalized spacial score (nSPS) is 11.5. The standard InChI is InChI=1S/C51H32N4OS/c1-4-15-33(16-5-1)36-21-12-22-37(31-36)55(42-25-14-28-46-48(42)40-23-10-11-27-45(40)57-46)38-29-30-39-44(32-38)56-43-26-13-24-41(47(39)43)51-53-49(34-17-6-2-7-18-34)52-50(54-51)35-19-8-3-9-20-35/h1-32H. The molecule has 0 bridgehead atoms. The number of anilines is 3. The van der Waals surface area contributed by atoms with Gasteiger partial charge in [-0.15, -0.1) is 11.3 Å². The number of aromatic nitrogens is 3. The molecule has 57 heavy (non-hydrogen) atoms. The highest BCUT2D eigenvalue weighted by molar-refractivity contribution is 7.26. The van der Waals surface area contributed by atoms with Gasteiger partial charge < -0.3 is 9.32 Å². The van der Waals surface area contributed by atoms with Gasteiger partial charge in [0.1, 0.15) is 11.2 Å². The lowest BCUT2D eigenvalue weighted by molar-refractivity contribution is 0.669. The second kappa shape index (κ2) is 13.7. The third-order valence-electron chi connectivity index (χ3n) is 10.5. The molecule has 0 atom stereocenters. The lowest BCUT2D eigenvalue weighted by Crippen LogP contribution is -2.10. The molecule has 0 radical (unpaired) electrons. The number of hydrogen-bond acceptors (Lipinski definition) is 6. The fraction of sp³-hybridized carbons (Fsp3) is 0. The topological polar surface area (TPSA) is 55.1 Å². The van der Waals surface area contributed by atoms with Crippen LogP contribution >= 0.6 is 11.3 Å². The van der Waals surface area contributed by atoms with Crippen LogP contribution in [0.1, 0.15) is 0 Å². The van der Waals surface area contributed by atoms with Crippen LogP contribution in [0, 0.1) is 0 Å². The molecule has 0 spiro atoms. The molecular weight excluding hydrogens is 717 g/mol. The van der Waals surface area contributed by atoms with Crippen molar-refractivity contribution < 1.29 is 4.42 Å². The smallest absolute Gasteiger partial charge is 0.164 e. The summed E-state index contributed by atoms with van der Waals surface area (Å²) in [6.45, 7) is 0. The Morgan fingerprint density at radius 3 is 1.74 bits per heavy atom. The van der Waals surface area contributed by atoms with Crippen LogP contribution in [0.15, 0.2) is 199 Å². The first-order valence-corrected chi connectivity index (χ1v) is 19.8. The first-order chi connectivity index (χ1) is 28.2. The number of thiophene rings is 1. The van der Waals surface area contributed by atoms with E-state index in [0.717, 1.165) is 61.3 Å². The molecule has 0 unspecified atom stereocenters. The fourth-order valence-electron chi connectivity index (χ4n) is 7.89. The zero-order chi connectivity index (χ0) is 37.7. The maximum absolute atomic E-state index is 6.75. The molecule has 0 saturated carbocycles. The van der Waals surface area contributed by atoms with E-state index in [9.17, 15) is 0 Å². The minimum atomic E-state index is 0.593. The lowest BCUT2D eigenvalue weighted by atomic mass is 10.0. The van der Waals surface area contributed by atoms with Crippen LogP contribution in [-0.4, -0.2) is 15.0 Å². The molecule has 11 aromatic rings. The third kappa shape index (κ3) is 5.82. The van der Waals surface area contributed by atoms with Crippen molar-refractivity contribution in [2.45, 2.75) is 0 Å². The van der Waals surface area contributed by atoms with E-state index in [-0.39, 0.29) is 0 Å². The van der Waals surface area contributed by atoms with Crippen molar-refractivity contribution in [2.75, 3.05) is 4.90 Å². The van der Waals surface area contributed by atoms with Crippen molar-refractivity contribution in [1.29, 1.82) is 0 Å². The van der Waals surface area contributed by atoms with Gasteiger partial charge in [0.25, 0.3) is 0 Å². The molecule has 0 aliphatic carbocycles. The summed E-state index contributed by atoms with van der Waals surface area (Å²) >= 11 is 1.83. The van der Waals surface area contributed by atoms with E-state index in [0.29, 0.717) is 17.5 Å². The maximum atomic E-state index is 6.75. The summed E-state index contributed by atoms with van der Waals surface area (Å²) in [6, 6.07) is 67.4. The Morgan fingerprint density at radius 1 is 0.386 bits per heavy atom. The molecule has 3 aromatic heterocycles. The van der Waals surface area contributed by atoms with Crippen molar-refractivity contribution in [3.05, 3.63) is 194 Å². The number of rotatable bonds is 7. The van der Waals surface area contributed by atoms with Crippen molar-refractivity contribution in [2.24, 2.45) is 0 Å². The predicted octanol–water partition coefficient (Wildman–Crippen LogP) is 14.3. The molecule has 8 aromatic carbocycles. The highest BCUT2D eigenvalue weighted by Crippen LogP contribution is 2.47. The Bertz CT molecular complexity index is 3190. The van der Waals surface area contributed by atoms with Crippen molar-refractivity contribution >= 4 is 70.5 Å². The van der Waals surface area contributed by atoms with E-state index in [1.807, 2.05) is 84.1 Å². The van der Waals surface area contributed by atoms with E-state index in [1.165, 1.54) is 25.7 Å². The highest BCUT2D eigenvalue weighted by atomic mass is 32.1. The lowest BCUT2D eigenvalue weighted by Gasteiger charge is -2.27. The van der Waals surface area contributed by atoms with E-state index >= 15 is 0 Å². The van der Waals surface area contributed by atoms with Gasteiger partial charge in [-0.2, -0.15) is 0 Å². The molecule has 3 heterocycles. The molecular formula is C51H32N4OS. The van der Waals surface area contributed by atoms with Crippen LogP contribution in [0.5, 0.6) is 0 Å². The summed E-state index contributed by atoms with van der Waals surface area (Å²) < 4.78 is 9.26. The van der Waals surface area contributed by atoms with Crippen LogP contribution in [0.3, 0.4) is 0 Å². The molecule has 0 aliphatic heterocycles. The van der Waals surface area contributed by atoms with Crippen molar-refractivity contribution in [3.8, 4) is 45.3 Å². The summed E-state index contributed by atoms with van der Waals surface area (Å²) in [4.78, 5) is 17.4. The van der Waals surface area contributed by atoms with Gasteiger partial charge in [0.15, 0.2) is 17.5 Å². The zero-order valence-corrected chi connectivity index (χ0v) is 31.4. The van der Waals surface area contributed by atoms with Gasteiger partial charge in [-0.1, -0.05) is 140 Å². The van der Waals surface area contributed by atoms with Gasteiger partial charge in [0.05, 0.1) is 5.69 Å². The summed E-state index contributed by atoms with van der Waals surface area (Å²) in [7, 11) is 0. The maximum Gasteiger partial charge on any atom is 0.164 e. The van der Waals surface area contributed by atoms with Crippen molar-refractivity contribution in [3.63, 3.8) is 0 Å². The molecule has 5 nitrogen and oxygen atoms in total. The molecule has 11 rings (SSSR count). The Labute approximate surface area is 332 Å². The molecule has 0 N–H and O–H groups in total. The molecule has 6 heteroatoms. The van der Waals surface area contributed by atoms with Crippen LogP contribution in [0.2, 0.25) is 0 Å². The number of furan rings is 1. The molecule has 0 fully saturated rings. The van der Waals surface area contributed by atoms with Gasteiger partial charge in [-0.3, -0.25) is 0 Å². The van der Waals surface area contributed by atoms with Gasteiger partial charge >= 0.3 is 0 Å². The van der Waals surface area contributed by atoms with Crippen LogP contribution in [0.4, 0.5) is 17.1 Å². The van der Waals surface area contributed by atoms with Gasteiger partial charge in [0.2, 0.25) is 0 Å². The molecule has 0 aliphatic rings. The average molecular weight is 749 g/mol. The monoisotopic (exact) mass is 748 g/mol. The molecule has 268 valence electrons. The molecule has 0 saturated heterocycles.